The number of aromatic nitrogens is 1. The molecule has 1 aliphatic rings. The predicted octanol–water partition coefficient (Wildman–Crippen LogP) is 3.30. The third-order valence-electron chi connectivity index (χ3n) is 3.66. The van der Waals surface area contributed by atoms with Gasteiger partial charge in [-0.25, -0.2) is 4.98 Å². The summed E-state index contributed by atoms with van der Waals surface area (Å²) in [6, 6.07) is 11.9. The maximum Gasteiger partial charge on any atom is 0.255 e. The third-order valence-corrected chi connectivity index (χ3v) is 3.66. The van der Waals surface area contributed by atoms with Gasteiger partial charge in [0.15, 0.2) is 0 Å². The van der Waals surface area contributed by atoms with Crippen molar-refractivity contribution >= 4 is 17.4 Å². The Hall–Kier alpha value is -2.36. The second-order valence-electron chi connectivity index (χ2n) is 6.61. The maximum atomic E-state index is 12.6. The lowest BCUT2D eigenvalue weighted by atomic mass is 10.1. The zero-order valence-electron chi connectivity index (χ0n) is 13.3. The minimum atomic E-state index is -0.271. The van der Waals surface area contributed by atoms with Crippen molar-refractivity contribution in [2.45, 2.75) is 32.7 Å². The molecular formula is C18H21N3O. The minimum absolute atomic E-state index is 0.0834. The predicted molar refractivity (Wildman–Crippen MR) is 88.6 cm³/mol. The molecule has 4 heteroatoms. The molecule has 0 unspecified atom stereocenters. The summed E-state index contributed by atoms with van der Waals surface area (Å²) < 4.78 is 0. The first kappa shape index (κ1) is 14.6. The molecule has 0 saturated carbocycles. The molecule has 1 aromatic carbocycles. The van der Waals surface area contributed by atoms with Crippen LogP contribution in [0, 0.1) is 0 Å². The van der Waals surface area contributed by atoms with Crippen LogP contribution in [-0.4, -0.2) is 23.0 Å². The van der Waals surface area contributed by atoms with Gasteiger partial charge in [-0.15, -0.1) is 0 Å². The fraction of sp³-hybridized carbons (Fsp3) is 0.333. The Labute approximate surface area is 131 Å². The SMILES string of the molecule is CC(C)(C)NC(=O)c1cccnc1N1CCc2ccccc21. The van der Waals surface area contributed by atoms with E-state index in [1.807, 2.05) is 45.0 Å². The van der Waals surface area contributed by atoms with Gasteiger partial charge >= 0.3 is 0 Å². The minimum Gasteiger partial charge on any atom is -0.347 e. The largest absolute Gasteiger partial charge is 0.347 e. The number of fused-ring (bicyclic) bond motifs is 1. The van der Waals surface area contributed by atoms with E-state index in [4.69, 9.17) is 0 Å². The van der Waals surface area contributed by atoms with Gasteiger partial charge in [-0.2, -0.15) is 0 Å². The van der Waals surface area contributed by atoms with Crippen molar-refractivity contribution in [2.24, 2.45) is 0 Å². The second-order valence-corrected chi connectivity index (χ2v) is 6.61. The normalized spacial score (nSPS) is 13.9. The molecule has 0 atom stereocenters. The first-order valence-corrected chi connectivity index (χ1v) is 7.59. The van der Waals surface area contributed by atoms with Gasteiger partial charge in [0, 0.05) is 24.0 Å². The number of anilines is 2. The van der Waals surface area contributed by atoms with Crippen LogP contribution in [0.4, 0.5) is 11.5 Å². The molecule has 0 bridgehead atoms. The average Bonchev–Trinajstić information content (AvgIpc) is 2.89. The van der Waals surface area contributed by atoms with Gasteiger partial charge in [-0.05, 0) is 51.0 Å². The molecule has 4 nitrogen and oxygen atoms in total. The molecule has 2 aromatic rings. The van der Waals surface area contributed by atoms with Crippen molar-refractivity contribution in [2.75, 3.05) is 11.4 Å². The van der Waals surface area contributed by atoms with Gasteiger partial charge in [-0.3, -0.25) is 4.79 Å². The number of pyridine rings is 1. The molecule has 1 N–H and O–H groups in total. The zero-order chi connectivity index (χ0) is 15.7. The van der Waals surface area contributed by atoms with Crippen molar-refractivity contribution in [3.8, 4) is 0 Å². The van der Waals surface area contributed by atoms with Crippen molar-refractivity contribution in [1.29, 1.82) is 0 Å². The van der Waals surface area contributed by atoms with Gasteiger partial charge in [0.25, 0.3) is 5.91 Å². The van der Waals surface area contributed by atoms with Crippen LogP contribution in [0.5, 0.6) is 0 Å². The van der Waals surface area contributed by atoms with Crippen LogP contribution in [0.2, 0.25) is 0 Å². The highest BCUT2D eigenvalue weighted by Crippen LogP contribution is 2.34. The maximum absolute atomic E-state index is 12.6. The molecule has 0 radical (unpaired) electrons. The van der Waals surface area contributed by atoms with E-state index in [0.29, 0.717) is 5.56 Å². The second kappa shape index (κ2) is 5.44. The Bertz CT molecular complexity index is 703. The Balaban J connectivity index is 1.98. The number of benzene rings is 1. The van der Waals surface area contributed by atoms with E-state index in [9.17, 15) is 4.79 Å². The standard InChI is InChI=1S/C18H21N3O/c1-18(2,3)20-17(22)14-8-6-11-19-16(14)21-12-10-13-7-4-5-9-15(13)21/h4-9,11H,10,12H2,1-3H3,(H,20,22). The summed E-state index contributed by atoms with van der Waals surface area (Å²) in [4.78, 5) is 19.2. The molecule has 0 fully saturated rings. The Morgan fingerprint density at radius 2 is 1.95 bits per heavy atom. The Morgan fingerprint density at radius 1 is 1.18 bits per heavy atom. The van der Waals surface area contributed by atoms with Crippen molar-refractivity contribution in [1.82, 2.24) is 10.3 Å². The third kappa shape index (κ3) is 2.82. The molecule has 1 aliphatic heterocycles. The molecule has 0 aliphatic carbocycles. The van der Waals surface area contributed by atoms with E-state index in [2.05, 4.69) is 27.3 Å². The van der Waals surface area contributed by atoms with Gasteiger partial charge in [0.05, 0.1) is 5.56 Å². The average molecular weight is 295 g/mol. The number of hydrogen-bond donors (Lipinski definition) is 1. The molecule has 3 rings (SSSR count). The van der Waals surface area contributed by atoms with E-state index in [0.717, 1.165) is 24.5 Å². The summed E-state index contributed by atoms with van der Waals surface area (Å²) in [6.07, 6.45) is 2.72. The molecule has 0 spiro atoms. The van der Waals surface area contributed by atoms with Crippen LogP contribution in [0.25, 0.3) is 0 Å². The highest BCUT2D eigenvalue weighted by Gasteiger charge is 2.26. The van der Waals surface area contributed by atoms with Crippen LogP contribution in [0.3, 0.4) is 0 Å². The van der Waals surface area contributed by atoms with Gasteiger partial charge < -0.3 is 10.2 Å². The molecule has 22 heavy (non-hydrogen) atoms. The number of para-hydroxylation sites is 1. The van der Waals surface area contributed by atoms with E-state index < -0.39 is 0 Å². The lowest BCUT2D eigenvalue weighted by molar-refractivity contribution is 0.0920. The van der Waals surface area contributed by atoms with Crippen LogP contribution >= 0.6 is 0 Å². The number of carbonyl (C=O) groups is 1. The zero-order valence-corrected chi connectivity index (χ0v) is 13.3. The summed E-state index contributed by atoms with van der Waals surface area (Å²) in [7, 11) is 0. The number of nitrogens with zero attached hydrogens (tertiary/aromatic N) is 2. The number of carbonyl (C=O) groups excluding carboxylic acids is 1. The van der Waals surface area contributed by atoms with E-state index in [1.54, 1.807) is 6.20 Å². The summed E-state index contributed by atoms with van der Waals surface area (Å²) in [5.41, 5.74) is 2.79. The Morgan fingerprint density at radius 3 is 2.73 bits per heavy atom. The van der Waals surface area contributed by atoms with E-state index >= 15 is 0 Å². The quantitative estimate of drug-likeness (QED) is 0.924. The van der Waals surface area contributed by atoms with E-state index in [1.165, 1.54) is 5.56 Å². The topological polar surface area (TPSA) is 45.2 Å². The first-order chi connectivity index (χ1) is 10.5. The summed E-state index contributed by atoms with van der Waals surface area (Å²) >= 11 is 0. The Kier molecular flexibility index (Phi) is 3.61. The molecule has 0 saturated heterocycles. The summed E-state index contributed by atoms with van der Waals surface area (Å²) in [5, 5.41) is 3.02. The number of amides is 1. The van der Waals surface area contributed by atoms with Crippen LogP contribution in [0.15, 0.2) is 42.6 Å². The number of nitrogens with one attached hydrogen (secondary N) is 1. The van der Waals surface area contributed by atoms with Gasteiger partial charge in [0.1, 0.15) is 5.82 Å². The summed E-state index contributed by atoms with van der Waals surface area (Å²) in [6.45, 7) is 6.79. The lowest BCUT2D eigenvalue weighted by Crippen LogP contribution is -2.41. The van der Waals surface area contributed by atoms with Crippen molar-refractivity contribution in [3.63, 3.8) is 0 Å². The summed E-state index contributed by atoms with van der Waals surface area (Å²) in [5.74, 6) is 0.647. The lowest BCUT2D eigenvalue weighted by Gasteiger charge is -2.24. The molecular weight excluding hydrogens is 274 g/mol. The van der Waals surface area contributed by atoms with Gasteiger partial charge in [-0.1, -0.05) is 18.2 Å². The van der Waals surface area contributed by atoms with E-state index in [-0.39, 0.29) is 11.4 Å². The molecule has 114 valence electrons. The fourth-order valence-electron chi connectivity index (χ4n) is 2.76. The smallest absolute Gasteiger partial charge is 0.255 e. The fourth-order valence-corrected chi connectivity index (χ4v) is 2.76. The monoisotopic (exact) mass is 295 g/mol. The number of rotatable bonds is 2. The van der Waals surface area contributed by atoms with Crippen LogP contribution < -0.4 is 10.2 Å². The highest BCUT2D eigenvalue weighted by atomic mass is 16.1. The van der Waals surface area contributed by atoms with Gasteiger partial charge in [0.2, 0.25) is 0 Å². The highest BCUT2D eigenvalue weighted by molar-refractivity contribution is 6.00. The molecule has 1 aromatic heterocycles. The number of hydrogen-bond acceptors (Lipinski definition) is 3. The van der Waals surface area contributed by atoms with Crippen LogP contribution in [0.1, 0.15) is 36.7 Å². The van der Waals surface area contributed by atoms with Crippen molar-refractivity contribution < 1.29 is 4.79 Å². The van der Waals surface area contributed by atoms with Crippen molar-refractivity contribution in [3.05, 3.63) is 53.7 Å². The van der Waals surface area contributed by atoms with Crippen LogP contribution in [-0.2, 0) is 6.42 Å². The molecule has 1 amide bonds. The first-order valence-electron chi connectivity index (χ1n) is 7.59. The molecule has 2 heterocycles.